The molecular weight excluding hydrogens is 254 g/mol. The zero-order valence-corrected chi connectivity index (χ0v) is 11.3. The number of ether oxygens (including phenoxy) is 1. The van der Waals surface area contributed by atoms with Crippen molar-refractivity contribution in [3.63, 3.8) is 0 Å². The van der Waals surface area contributed by atoms with Gasteiger partial charge in [0.05, 0.1) is 18.4 Å². The fraction of sp³-hybridized carbons (Fsp3) is 0.133. The van der Waals surface area contributed by atoms with E-state index >= 15 is 0 Å². The van der Waals surface area contributed by atoms with Crippen molar-refractivity contribution < 1.29 is 9.53 Å². The number of carbonyl (C=O) groups is 1. The molecule has 0 unspecified atom stereocenters. The number of hydrogen-bond donors (Lipinski definition) is 1. The van der Waals surface area contributed by atoms with Crippen LogP contribution in [0.2, 0.25) is 0 Å². The van der Waals surface area contributed by atoms with E-state index in [9.17, 15) is 4.79 Å². The minimum absolute atomic E-state index is 0.379. The molecule has 0 saturated heterocycles. The molecule has 0 aliphatic rings. The largest absolute Gasteiger partial charge is 0.465 e. The van der Waals surface area contributed by atoms with Gasteiger partial charge in [-0.05, 0) is 31.2 Å². The number of benzene rings is 2. The first-order valence-corrected chi connectivity index (χ1v) is 6.11. The third-order valence-corrected chi connectivity index (χ3v) is 2.70. The highest BCUT2D eigenvalue weighted by Crippen LogP contribution is 2.20. The number of hydrogen-bond acceptors (Lipinski definition) is 4. The van der Waals surface area contributed by atoms with Gasteiger partial charge >= 0.3 is 5.97 Å². The lowest BCUT2D eigenvalue weighted by Gasteiger charge is -2.02. The maximum atomic E-state index is 11.6. The molecule has 0 heterocycles. The minimum atomic E-state index is -0.435. The molecule has 0 aliphatic heterocycles. The summed E-state index contributed by atoms with van der Waals surface area (Å²) in [5.74, 6) is -0.435. The first-order valence-electron chi connectivity index (χ1n) is 6.11. The molecule has 0 fully saturated rings. The Labute approximate surface area is 117 Å². The summed E-state index contributed by atoms with van der Waals surface area (Å²) in [6.45, 7) is 2.01. The van der Waals surface area contributed by atoms with Gasteiger partial charge in [0.2, 0.25) is 0 Å². The standard InChI is InChI=1S/C15H15N3O2/c1-11-7-9-12(10-8-11)16-18-17-14-6-4-3-5-13(14)15(19)20-2/h3-10H,1-2H3,(H,16,17). The summed E-state index contributed by atoms with van der Waals surface area (Å²) >= 11 is 0. The Morgan fingerprint density at radius 1 is 1.10 bits per heavy atom. The molecule has 5 heteroatoms. The number of nitrogens with one attached hydrogen (secondary N) is 1. The van der Waals surface area contributed by atoms with Crippen LogP contribution >= 0.6 is 0 Å². The number of esters is 1. The molecule has 2 aromatic rings. The van der Waals surface area contributed by atoms with Gasteiger partial charge < -0.3 is 4.74 Å². The van der Waals surface area contributed by atoms with Crippen LogP contribution in [0.15, 0.2) is 58.9 Å². The van der Waals surface area contributed by atoms with Crippen LogP contribution in [0.4, 0.5) is 11.4 Å². The predicted molar refractivity (Wildman–Crippen MR) is 77.1 cm³/mol. The van der Waals surface area contributed by atoms with Gasteiger partial charge in [0.15, 0.2) is 0 Å². The summed E-state index contributed by atoms with van der Waals surface area (Å²) in [5, 5.41) is 7.89. The van der Waals surface area contributed by atoms with E-state index in [1.807, 2.05) is 31.2 Å². The van der Waals surface area contributed by atoms with Gasteiger partial charge in [-0.2, -0.15) is 0 Å². The van der Waals surface area contributed by atoms with E-state index in [4.69, 9.17) is 4.74 Å². The molecule has 0 aliphatic carbocycles. The number of rotatable bonds is 4. The summed E-state index contributed by atoms with van der Waals surface area (Å²) in [6.07, 6.45) is 0. The highest BCUT2D eigenvalue weighted by atomic mass is 16.5. The van der Waals surface area contributed by atoms with Gasteiger partial charge in [-0.3, -0.25) is 5.43 Å². The van der Waals surface area contributed by atoms with E-state index in [0.29, 0.717) is 11.3 Å². The SMILES string of the molecule is COC(=O)c1ccccc1N=NNc1ccc(C)cc1. The van der Waals surface area contributed by atoms with Crippen molar-refractivity contribution in [2.75, 3.05) is 12.5 Å². The lowest BCUT2D eigenvalue weighted by molar-refractivity contribution is 0.0601. The molecule has 0 bridgehead atoms. The van der Waals surface area contributed by atoms with Crippen molar-refractivity contribution in [1.82, 2.24) is 0 Å². The Morgan fingerprint density at radius 3 is 2.50 bits per heavy atom. The molecule has 0 saturated carbocycles. The third kappa shape index (κ3) is 3.41. The zero-order valence-electron chi connectivity index (χ0n) is 11.3. The molecule has 5 nitrogen and oxygen atoms in total. The molecule has 20 heavy (non-hydrogen) atoms. The highest BCUT2D eigenvalue weighted by Gasteiger charge is 2.10. The topological polar surface area (TPSA) is 63.0 Å². The molecule has 2 rings (SSSR count). The number of aryl methyl sites for hydroxylation is 1. The first-order chi connectivity index (χ1) is 9.70. The molecule has 0 spiro atoms. The van der Waals surface area contributed by atoms with Crippen LogP contribution in [0.25, 0.3) is 0 Å². The normalized spacial score (nSPS) is 10.5. The van der Waals surface area contributed by atoms with Crippen molar-refractivity contribution in [3.05, 3.63) is 59.7 Å². The Bertz CT molecular complexity index is 621. The molecule has 0 aromatic heterocycles. The Hall–Kier alpha value is -2.69. The van der Waals surface area contributed by atoms with Crippen LogP contribution in [0.5, 0.6) is 0 Å². The Balaban J connectivity index is 2.11. The molecule has 1 N–H and O–H groups in total. The fourth-order valence-corrected chi connectivity index (χ4v) is 1.61. The van der Waals surface area contributed by atoms with Crippen molar-refractivity contribution >= 4 is 17.3 Å². The summed E-state index contributed by atoms with van der Waals surface area (Å²) in [5.41, 5.74) is 5.65. The quantitative estimate of drug-likeness (QED) is 0.520. The molecular formula is C15H15N3O2. The van der Waals surface area contributed by atoms with Crippen molar-refractivity contribution in [1.29, 1.82) is 0 Å². The molecule has 0 atom stereocenters. The van der Waals surface area contributed by atoms with Crippen LogP contribution in [-0.4, -0.2) is 13.1 Å². The van der Waals surface area contributed by atoms with Crippen LogP contribution in [0, 0.1) is 6.92 Å². The van der Waals surface area contributed by atoms with Crippen molar-refractivity contribution in [2.24, 2.45) is 10.3 Å². The van der Waals surface area contributed by atoms with Crippen LogP contribution in [0.3, 0.4) is 0 Å². The van der Waals surface area contributed by atoms with Crippen molar-refractivity contribution in [2.45, 2.75) is 6.92 Å². The number of anilines is 1. The Morgan fingerprint density at radius 2 is 1.80 bits per heavy atom. The summed E-state index contributed by atoms with van der Waals surface area (Å²) in [6, 6.07) is 14.6. The fourth-order valence-electron chi connectivity index (χ4n) is 1.61. The Kier molecular flexibility index (Phi) is 4.44. The lowest BCUT2D eigenvalue weighted by atomic mass is 10.2. The summed E-state index contributed by atoms with van der Waals surface area (Å²) in [7, 11) is 1.33. The van der Waals surface area contributed by atoms with Gasteiger partial charge in [0, 0.05) is 0 Å². The van der Waals surface area contributed by atoms with Crippen LogP contribution in [-0.2, 0) is 4.74 Å². The average molecular weight is 269 g/mol. The monoisotopic (exact) mass is 269 g/mol. The van der Waals surface area contributed by atoms with Crippen molar-refractivity contribution in [3.8, 4) is 0 Å². The molecule has 2 aromatic carbocycles. The predicted octanol–water partition coefficient (Wildman–Crippen LogP) is 3.89. The maximum Gasteiger partial charge on any atom is 0.340 e. The smallest absolute Gasteiger partial charge is 0.340 e. The lowest BCUT2D eigenvalue weighted by Crippen LogP contribution is -2.01. The number of nitrogens with zero attached hydrogens (tertiary/aromatic N) is 2. The molecule has 102 valence electrons. The van der Waals surface area contributed by atoms with E-state index in [0.717, 1.165) is 5.69 Å². The number of methoxy groups -OCH3 is 1. The average Bonchev–Trinajstić information content (AvgIpc) is 2.49. The van der Waals surface area contributed by atoms with E-state index in [2.05, 4.69) is 15.8 Å². The molecule has 0 amide bonds. The van der Waals surface area contributed by atoms with Gasteiger partial charge in [0.25, 0.3) is 0 Å². The van der Waals surface area contributed by atoms with E-state index < -0.39 is 5.97 Å². The first kappa shape index (κ1) is 13.7. The second-order valence-corrected chi connectivity index (χ2v) is 4.19. The van der Waals surface area contributed by atoms with E-state index in [1.165, 1.54) is 12.7 Å². The van der Waals surface area contributed by atoms with Gasteiger partial charge in [0.1, 0.15) is 5.69 Å². The van der Waals surface area contributed by atoms with Gasteiger partial charge in [-0.25, -0.2) is 4.79 Å². The zero-order chi connectivity index (χ0) is 14.4. The third-order valence-electron chi connectivity index (χ3n) is 2.70. The summed E-state index contributed by atoms with van der Waals surface area (Å²) < 4.78 is 4.69. The van der Waals surface area contributed by atoms with E-state index in [-0.39, 0.29) is 0 Å². The van der Waals surface area contributed by atoms with Crippen LogP contribution in [0.1, 0.15) is 15.9 Å². The van der Waals surface area contributed by atoms with Crippen LogP contribution < -0.4 is 5.43 Å². The van der Waals surface area contributed by atoms with Gasteiger partial charge in [-0.15, -0.1) is 5.11 Å². The summed E-state index contributed by atoms with van der Waals surface area (Å²) in [4.78, 5) is 11.6. The molecule has 0 radical (unpaired) electrons. The number of carbonyl (C=O) groups excluding carboxylic acids is 1. The maximum absolute atomic E-state index is 11.6. The van der Waals surface area contributed by atoms with Gasteiger partial charge in [-0.1, -0.05) is 35.1 Å². The van der Waals surface area contributed by atoms with E-state index in [1.54, 1.807) is 24.3 Å². The minimum Gasteiger partial charge on any atom is -0.465 e. The highest BCUT2D eigenvalue weighted by molar-refractivity contribution is 5.94. The second-order valence-electron chi connectivity index (χ2n) is 4.19. The second kappa shape index (κ2) is 6.47.